The summed E-state index contributed by atoms with van der Waals surface area (Å²) in [4.78, 5) is 22.8. The summed E-state index contributed by atoms with van der Waals surface area (Å²) in [5.74, 6) is 0.731. The highest BCUT2D eigenvalue weighted by Gasteiger charge is 2.11. The summed E-state index contributed by atoms with van der Waals surface area (Å²) in [6.07, 6.45) is 6.58. The first-order valence-electron chi connectivity index (χ1n) is 10.1. The Morgan fingerprint density at radius 2 is 1.70 bits per heavy atom. The molecule has 0 N–H and O–H groups in total. The van der Waals surface area contributed by atoms with Gasteiger partial charge in [-0.25, -0.2) is 0 Å². The molecule has 2 aromatic rings. The lowest BCUT2D eigenvalue weighted by Crippen LogP contribution is -2.21. The number of nitrogens with zero attached hydrogens (tertiary/aromatic N) is 2. The number of carboxylic acids is 1. The number of hydrogen-bond donors (Lipinski definition) is 0. The molecule has 1 heterocycles. The smallest absolute Gasteiger partial charge is 0.175 e. The SMILES string of the molecule is CCCCCCCOc1ccc(C(=O)CSc2nnc(SCCCC(=O)[O-])s2)cc1. The van der Waals surface area contributed by atoms with Crippen molar-refractivity contribution >= 4 is 46.6 Å². The fourth-order valence-corrected chi connectivity index (χ4v) is 5.46. The van der Waals surface area contributed by atoms with Crippen LogP contribution in [-0.4, -0.2) is 40.1 Å². The molecule has 0 aliphatic heterocycles. The summed E-state index contributed by atoms with van der Waals surface area (Å²) < 4.78 is 7.24. The van der Waals surface area contributed by atoms with Crippen LogP contribution in [0.4, 0.5) is 0 Å². The summed E-state index contributed by atoms with van der Waals surface area (Å²) in [7, 11) is 0. The Morgan fingerprint density at radius 1 is 1.00 bits per heavy atom. The first-order chi connectivity index (χ1) is 14.6. The van der Waals surface area contributed by atoms with Gasteiger partial charge in [-0.15, -0.1) is 10.2 Å². The Balaban J connectivity index is 1.67. The van der Waals surface area contributed by atoms with Crippen LogP contribution in [0.25, 0.3) is 0 Å². The van der Waals surface area contributed by atoms with Crippen LogP contribution in [-0.2, 0) is 4.79 Å². The Labute approximate surface area is 190 Å². The number of aromatic nitrogens is 2. The molecule has 9 heteroatoms. The van der Waals surface area contributed by atoms with Crippen molar-refractivity contribution in [2.75, 3.05) is 18.1 Å². The molecule has 0 fully saturated rings. The Hall–Kier alpha value is -1.58. The number of ketones is 1. The van der Waals surface area contributed by atoms with Crippen LogP contribution in [0.3, 0.4) is 0 Å². The third-order valence-electron chi connectivity index (χ3n) is 4.16. The van der Waals surface area contributed by atoms with Gasteiger partial charge in [0.25, 0.3) is 0 Å². The summed E-state index contributed by atoms with van der Waals surface area (Å²) >= 11 is 4.25. The summed E-state index contributed by atoms with van der Waals surface area (Å²) in [6, 6.07) is 7.29. The van der Waals surface area contributed by atoms with Crippen molar-refractivity contribution in [3.05, 3.63) is 29.8 Å². The molecule has 2 rings (SSSR count). The number of Topliss-reactive ketones (excluding diaryl/α,β-unsaturated/α-hetero) is 1. The van der Waals surface area contributed by atoms with E-state index in [1.165, 1.54) is 60.5 Å². The van der Waals surface area contributed by atoms with E-state index in [1.807, 2.05) is 12.1 Å². The first-order valence-corrected chi connectivity index (χ1v) is 12.9. The number of unbranched alkanes of at least 4 members (excludes halogenated alkanes) is 4. The molecule has 0 saturated carbocycles. The number of rotatable bonds is 16. The van der Waals surface area contributed by atoms with Gasteiger partial charge in [0.2, 0.25) is 0 Å². The van der Waals surface area contributed by atoms with Gasteiger partial charge < -0.3 is 14.6 Å². The number of carbonyl (C=O) groups excluding carboxylic acids is 2. The van der Waals surface area contributed by atoms with Crippen LogP contribution < -0.4 is 9.84 Å². The van der Waals surface area contributed by atoms with Gasteiger partial charge in [0.05, 0.1) is 12.4 Å². The van der Waals surface area contributed by atoms with Crippen molar-refractivity contribution in [3.8, 4) is 5.75 Å². The lowest BCUT2D eigenvalue weighted by molar-refractivity contribution is -0.305. The predicted octanol–water partition coefficient (Wildman–Crippen LogP) is 4.48. The van der Waals surface area contributed by atoms with Crippen LogP contribution in [0.5, 0.6) is 5.75 Å². The molecule has 0 radical (unpaired) electrons. The maximum Gasteiger partial charge on any atom is 0.175 e. The molecule has 6 nitrogen and oxygen atoms in total. The Bertz CT molecular complexity index is 781. The van der Waals surface area contributed by atoms with E-state index in [0.717, 1.165) is 20.8 Å². The van der Waals surface area contributed by atoms with Gasteiger partial charge in [0, 0.05) is 17.3 Å². The van der Waals surface area contributed by atoms with Crippen molar-refractivity contribution in [1.82, 2.24) is 10.2 Å². The maximum absolute atomic E-state index is 12.4. The van der Waals surface area contributed by atoms with Crippen molar-refractivity contribution in [2.45, 2.75) is 60.5 Å². The number of carboxylic acid groups (broad SMARTS) is 1. The van der Waals surface area contributed by atoms with Crippen molar-refractivity contribution in [2.24, 2.45) is 0 Å². The molecule has 30 heavy (non-hydrogen) atoms. The van der Waals surface area contributed by atoms with E-state index in [4.69, 9.17) is 4.74 Å². The van der Waals surface area contributed by atoms with Gasteiger partial charge in [-0.05, 0) is 43.5 Å². The van der Waals surface area contributed by atoms with Gasteiger partial charge in [0.1, 0.15) is 5.75 Å². The van der Waals surface area contributed by atoms with Gasteiger partial charge in [-0.2, -0.15) is 0 Å². The number of benzene rings is 1. The molecule has 0 aliphatic carbocycles. The highest BCUT2D eigenvalue weighted by atomic mass is 32.2. The number of ether oxygens (including phenoxy) is 1. The fourth-order valence-electron chi connectivity index (χ4n) is 2.53. The number of hydrogen-bond acceptors (Lipinski definition) is 9. The van der Waals surface area contributed by atoms with Gasteiger partial charge >= 0.3 is 0 Å². The molecule has 0 aliphatic rings. The zero-order valence-electron chi connectivity index (χ0n) is 17.1. The average molecular weight is 468 g/mol. The van der Waals surface area contributed by atoms with Crippen molar-refractivity contribution in [3.63, 3.8) is 0 Å². The molecular weight excluding hydrogens is 440 g/mol. The minimum atomic E-state index is -1.04. The van der Waals surface area contributed by atoms with E-state index in [2.05, 4.69) is 17.1 Å². The topological polar surface area (TPSA) is 92.2 Å². The second-order valence-corrected chi connectivity index (χ2v) is 10.2. The zero-order chi connectivity index (χ0) is 21.6. The van der Waals surface area contributed by atoms with Gasteiger partial charge in [-0.1, -0.05) is 67.5 Å². The van der Waals surface area contributed by atoms with E-state index < -0.39 is 5.97 Å². The zero-order valence-corrected chi connectivity index (χ0v) is 19.6. The summed E-state index contributed by atoms with van der Waals surface area (Å²) in [5, 5.41) is 18.5. The number of thioether (sulfide) groups is 2. The largest absolute Gasteiger partial charge is 0.550 e. The summed E-state index contributed by atoms with van der Waals surface area (Å²) in [6.45, 7) is 2.91. The molecule has 0 spiro atoms. The fraction of sp³-hybridized carbons (Fsp3) is 0.524. The first kappa shape index (κ1) is 24.7. The van der Waals surface area contributed by atoms with E-state index in [0.29, 0.717) is 30.1 Å². The van der Waals surface area contributed by atoms with Crippen LogP contribution >= 0.6 is 34.9 Å². The molecule has 164 valence electrons. The Kier molecular flexibility index (Phi) is 11.9. The van der Waals surface area contributed by atoms with Gasteiger partial charge in [0.15, 0.2) is 14.5 Å². The van der Waals surface area contributed by atoms with E-state index in [9.17, 15) is 14.7 Å². The highest BCUT2D eigenvalue weighted by molar-refractivity contribution is 8.03. The maximum atomic E-state index is 12.4. The van der Waals surface area contributed by atoms with Crippen LogP contribution in [0.1, 0.15) is 62.2 Å². The van der Waals surface area contributed by atoms with E-state index >= 15 is 0 Å². The molecule has 0 unspecified atom stereocenters. The third kappa shape index (κ3) is 9.95. The number of carbonyl (C=O) groups is 2. The minimum absolute atomic E-state index is 0.0319. The monoisotopic (exact) mass is 467 g/mol. The van der Waals surface area contributed by atoms with Crippen molar-refractivity contribution in [1.29, 1.82) is 0 Å². The van der Waals surface area contributed by atoms with E-state index in [-0.39, 0.29) is 12.2 Å². The molecule has 0 saturated heterocycles. The normalized spacial score (nSPS) is 10.8. The second-order valence-electron chi connectivity index (χ2n) is 6.66. The van der Waals surface area contributed by atoms with E-state index in [1.54, 1.807) is 12.1 Å². The van der Waals surface area contributed by atoms with Crippen LogP contribution in [0.2, 0.25) is 0 Å². The minimum Gasteiger partial charge on any atom is -0.550 e. The lowest BCUT2D eigenvalue weighted by Gasteiger charge is -2.07. The lowest BCUT2D eigenvalue weighted by atomic mass is 10.1. The standard InChI is InChI=1S/C21H28N2O4S3/c1-2-3-4-5-6-13-27-17-11-9-16(10-12-17)18(24)15-29-21-23-22-20(30-21)28-14-7-8-19(25)26/h9-12H,2-8,13-15H2,1H3,(H,25,26)/p-1. The molecule has 0 amide bonds. The molecule has 1 aromatic heterocycles. The van der Waals surface area contributed by atoms with Crippen molar-refractivity contribution < 1.29 is 19.4 Å². The quantitative estimate of drug-likeness (QED) is 0.203. The van der Waals surface area contributed by atoms with Gasteiger partial charge in [-0.3, -0.25) is 4.79 Å². The highest BCUT2D eigenvalue weighted by Crippen LogP contribution is 2.29. The van der Waals surface area contributed by atoms with Crippen LogP contribution in [0.15, 0.2) is 32.9 Å². The second kappa shape index (κ2) is 14.4. The molecular formula is C21H27N2O4S3-. The number of aliphatic carboxylic acids is 1. The average Bonchev–Trinajstić information content (AvgIpc) is 3.20. The Morgan fingerprint density at radius 3 is 2.40 bits per heavy atom. The molecule has 0 bridgehead atoms. The third-order valence-corrected chi connectivity index (χ3v) is 7.43. The summed E-state index contributed by atoms with van der Waals surface area (Å²) in [5.41, 5.74) is 0.652. The predicted molar refractivity (Wildman–Crippen MR) is 121 cm³/mol. The molecule has 0 atom stereocenters. The van der Waals surface area contributed by atoms with Crippen LogP contribution in [0, 0.1) is 0 Å². The molecule has 1 aromatic carbocycles.